The van der Waals surface area contributed by atoms with Crippen LogP contribution >= 0.6 is 31.5 Å². The number of benzene rings is 2. The summed E-state index contributed by atoms with van der Waals surface area (Å²) >= 11 is 5.75. The fourth-order valence-corrected chi connectivity index (χ4v) is 5.43. The van der Waals surface area contributed by atoms with Crippen molar-refractivity contribution in [1.29, 1.82) is 0 Å². The Hall–Kier alpha value is -2.03. The van der Waals surface area contributed by atoms with E-state index in [1.54, 1.807) is 0 Å². The Morgan fingerprint density at radius 3 is 1.38 bits per heavy atom. The van der Waals surface area contributed by atoms with Gasteiger partial charge in [-0.15, -0.1) is 0 Å². The number of halogens is 12. The molecule has 2 aromatic rings. The summed E-state index contributed by atoms with van der Waals surface area (Å²) in [4.78, 5) is 0.404. The van der Waals surface area contributed by atoms with Gasteiger partial charge in [-0.25, -0.2) is 66.6 Å². The van der Waals surface area contributed by atoms with Gasteiger partial charge in [-0.05, 0) is 12.6 Å². The van der Waals surface area contributed by atoms with Crippen molar-refractivity contribution in [3.05, 3.63) is 69.9 Å². The van der Waals surface area contributed by atoms with Crippen molar-refractivity contribution >= 4 is 52.7 Å². The third-order valence-electron chi connectivity index (χ3n) is 4.65. The molecule has 0 saturated heterocycles. The van der Waals surface area contributed by atoms with Gasteiger partial charge < -0.3 is 9.30 Å². The van der Waals surface area contributed by atoms with Crippen LogP contribution in [0.15, 0.2) is 11.8 Å². The first kappa shape index (κ1) is 24.6. The molecule has 0 amide bonds. The van der Waals surface area contributed by atoms with E-state index < -0.39 is 73.6 Å². The van der Waals surface area contributed by atoms with E-state index in [2.05, 4.69) is 31.5 Å². The Morgan fingerprint density at radius 1 is 0.625 bits per heavy atom. The van der Waals surface area contributed by atoms with Crippen LogP contribution in [0.25, 0.3) is 0 Å². The van der Waals surface area contributed by atoms with Gasteiger partial charge in [-0.1, -0.05) is 0 Å². The summed E-state index contributed by atoms with van der Waals surface area (Å²) in [6.45, 7) is 2.30. The van der Waals surface area contributed by atoms with E-state index in [1.807, 2.05) is 0 Å². The molecule has 2 aromatic carbocycles. The lowest BCUT2D eigenvalue weighted by atomic mass is 9.94. The number of nitrogens with zero attached hydrogens (tertiary/aromatic N) is 2. The average Bonchev–Trinajstić information content (AvgIpc) is 2.72. The van der Waals surface area contributed by atoms with Crippen molar-refractivity contribution in [2.24, 2.45) is 0 Å². The molecule has 32 heavy (non-hydrogen) atoms. The van der Waals surface area contributed by atoms with Gasteiger partial charge in [0.2, 0.25) is 40.6 Å². The van der Waals surface area contributed by atoms with E-state index in [0.717, 1.165) is 19.9 Å². The Bertz CT molecular complexity index is 1190. The standard InChI is InChI=1S/C17H7BBr2F10N2/c1-4-3-5(2)32(17-14(29)10(25)7(22)11(26)15(17)30)18(19,20)31(4)16-12(27)8(23)6(21)9(24)13(16)28/h3H,1-2H3. The van der Waals surface area contributed by atoms with E-state index in [4.69, 9.17) is 0 Å². The van der Waals surface area contributed by atoms with Crippen LogP contribution in [-0.2, 0) is 0 Å². The second-order valence-electron chi connectivity index (χ2n) is 6.59. The summed E-state index contributed by atoms with van der Waals surface area (Å²) in [5.41, 5.74) is -3.49. The van der Waals surface area contributed by atoms with E-state index >= 15 is 0 Å². The zero-order valence-corrected chi connectivity index (χ0v) is 18.8. The largest absolute Gasteiger partial charge is 0.502 e. The smallest absolute Gasteiger partial charge is 0.434 e. The highest BCUT2D eigenvalue weighted by Gasteiger charge is 2.50. The molecule has 1 aliphatic rings. The van der Waals surface area contributed by atoms with Crippen LogP contribution < -0.4 is 4.81 Å². The van der Waals surface area contributed by atoms with Gasteiger partial charge in [0.05, 0.1) is 5.69 Å². The van der Waals surface area contributed by atoms with Crippen LogP contribution in [0.5, 0.6) is 0 Å². The molecule has 2 nitrogen and oxygen atoms in total. The van der Waals surface area contributed by atoms with Gasteiger partial charge in [0.1, 0.15) is 5.71 Å². The molecule has 15 heteroatoms. The molecule has 0 atom stereocenters. The summed E-state index contributed by atoms with van der Waals surface area (Å²) in [6, 6.07) is 0. The molecule has 172 valence electrons. The van der Waals surface area contributed by atoms with Gasteiger partial charge in [-0.2, -0.15) is 8.78 Å². The molecule has 0 aromatic heterocycles. The van der Waals surface area contributed by atoms with Crippen LogP contribution in [0, 0.1) is 58.2 Å². The Labute approximate surface area is 189 Å². The molecule has 0 radical (unpaired) electrons. The summed E-state index contributed by atoms with van der Waals surface area (Å²) in [6.07, 6.45) is 0.971. The molecule has 3 rings (SSSR count). The molecule has 1 aliphatic heterocycles. The lowest BCUT2D eigenvalue weighted by Gasteiger charge is -2.44. The maximum Gasteiger partial charge on any atom is 0.502 e. The molecule has 0 aliphatic carbocycles. The monoisotopic (exact) mass is 598 g/mol. The number of anilines is 1. The fourth-order valence-electron chi connectivity index (χ4n) is 3.32. The lowest BCUT2D eigenvalue weighted by molar-refractivity contribution is -0.292. The number of allylic oxidation sites excluding steroid dienone is 2. The first-order chi connectivity index (χ1) is 14.7. The zero-order chi connectivity index (χ0) is 24.4. The average molecular weight is 600 g/mol. The second kappa shape index (κ2) is 8.08. The molecule has 1 heterocycles. The maximum atomic E-state index is 14.5. The van der Waals surface area contributed by atoms with Gasteiger partial charge >= 0.3 is 4.06 Å². The highest BCUT2D eigenvalue weighted by atomic mass is 79.9. The van der Waals surface area contributed by atoms with Crippen LogP contribution in [0.4, 0.5) is 55.3 Å². The molecular formula is C17H7BBr2F10N2. The van der Waals surface area contributed by atoms with E-state index in [0.29, 0.717) is 9.30 Å². The minimum absolute atomic E-state index is 0.209. The van der Waals surface area contributed by atoms with E-state index in [9.17, 15) is 43.9 Å². The molecule has 0 fully saturated rings. The number of rotatable bonds is 2. The van der Waals surface area contributed by atoms with Gasteiger partial charge in [0, 0.05) is 13.0 Å². The first-order valence-electron chi connectivity index (χ1n) is 8.31. The number of hydrogen-bond donors (Lipinski definition) is 0. The predicted molar refractivity (Wildman–Crippen MR) is 103 cm³/mol. The van der Waals surface area contributed by atoms with Gasteiger partial charge in [-0.3, -0.25) is 0 Å². The maximum absolute atomic E-state index is 14.5. The molecule has 0 bridgehead atoms. The highest BCUT2D eigenvalue weighted by Crippen LogP contribution is 2.45. The summed E-state index contributed by atoms with van der Waals surface area (Å²) < 4.78 is 137. The van der Waals surface area contributed by atoms with E-state index in [1.165, 1.54) is 0 Å². The third kappa shape index (κ3) is 3.35. The van der Waals surface area contributed by atoms with Gasteiger partial charge in [0.15, 0.2) is 23.3 Å². The summed E-state index contributed by atoms with van der Waals surface area (Å²) in [5.74, 6) is -23.3. The topological polar surface area (TPSA) is 6.25 Å². The second-order valence-corrected chi connectivity index (χ2v) is 10.4. The highest BCUT2D eigenvalue weighted by molar-refractivity contribution is 9.50. The van der Waals surface area contributed by atoms with Crippen LogP contribution in [0.1, 0.15) is 13.8 Å². The fraction of sp³-hybridized carbons (Fsp3) is 0.118. The Balaban J connectivity index is 2.41. The van der Waals surface area contributed by atoms with Crippen molar-refractivity contribution in [1.82, 2.24) is 0 Å². The van der Waals surface area contributed by atoms with Crippen LogP contribution in [0.3, 0.4) is 0 Å². The molecule has 0 spiro atoms. The predicted octanol–water partition coefficient (Wildman–Crippen LogP) is 6.83. The van der Waals surface area contributed by atoms with Crippen molar-refractivity contribution in [2.45, 2.75) is 13.8 Å². The van der Waals surface area contributed by atoms with Gasteiger partial charge in [0.25, 0.3) is 0 Å². The van der Waals surface area contributed by atoms with Crippen molar-refractivity contribution < 1.29 is 48.4 Å². The Morgan fingerprint density at radius 2 is 0.969 bits per heavy atom. The zero-order valence-electron chi connectivity index (χ0n) is 15.6. The normalized spacial score (nSPS) is 16.1. The van der Waals surface area contributed by atoms with Crippen LogP contribution in [0.2, 0.25) is 0 Å². The SMILES string of the molecule is CC1=CC(C)=[N+](c2c(F)c(F)c(F)c(F)c2F)[B-](Br)(Br)N1c1c(F)c(F)c(F)c(F)c1F. The number of hydrogen-bond acceptors (Lipinski definition) is 1. The van der Waals surface area contributed by atoms with E-state index in [-0.39, 0.29) is 11.4 Å². The lowest BCUT2D eigenvalue weighted by Crippen LogP contribution is -2.56. The van der Waals surface area contributed by atoms with Crippen LogP contribution in [-0.4, -0.2) is 14.3 Å². The molecule has 0 N–H and O–H groups in total. The first-order valence-corrected chi connectivity index (χ1v) is 10.1. The van der Waals surface area contributed by atoms with Crippen molar-refractivity contribution in [3.63, 3.8) is 0 Å². The Kier molecular flexibility index (Phi) is 6.22. The summed E-state index contributed by atoms with van der Waals surface area (Å²) in [5, 5.41) is 0. The summed E-state index contributed by atoms with van der Waals surface area (Å²) in [7, 11) is 0. The third-order valence-corrected chi connectivity index (χ3v) is 6.29. The molecular weight excluding hydrogens is 593 g/mol. The van der Waals surface area contributed by atoms with Crippen molar-refractivity contribution in [2.75, 3.05) is 4.81 Å². The quantitative estimate of drug-likeness (QED) is 0.159. The minimum atomic E-state index is -3.35. The minimum Gasteiger partial charge on any atom is -0.434 e. The van der Waals surface area contributed by atoms with Crippen molar-refractivity contribution in [3.8, 4) is 0 Å². The molecule has 0 unspecified atom stereocenters. The molecule has 0 saturated carbocycles.